The van der Waals surface area contributed by atoms with Crippen LogP contribution in [-0.2, 0) is 25.6 Å². The van der Waals surface area contributed by atoms with Gasteiger partial charge in [-0.1, -0.05) is 56.7 Å². The average Bonchev–Trinajstić information content (AvgIpc) is 3.39. The molecule has 1 amide bonds. The zero-order chi connectivity index (χ0) is 31.3. The number of carbonyl (C=O) groups excluding carboxylic acids is 1. The first-order valence-electron chi connectivity index (χ1n) is 14.0. The Labute approximate surface area is 254 Å². The van der Waals surface area contributed by atoms with E-state index in [9.17, 15) is 14.7 Å². The summed E-state index contributed by atoms with van der Waals surface area (Å²) in [5, 5.41) is 24.0. The molecule has 0 fully saturated rings. The van der Waals surface area contributed by atoms with Crippen LogP contribution in [0.3, 0.4) is 0 Å². The third-order valence-corrected chi connectivity index (χ3v) is 7.03. The predicted molar refractivity (Wildman–Crippen MR) is 167 cm³/mol. The van der Waals surface area contributed by atoms with Crippen molar-refractivity contribution in [2.24, 2.45) is 11.3 Å². The number of carboxylic acids is 1. The largest absolute Gasteiger partial charge is 0.478 e. The van der Waals surface area contributed by atoms with Crippen molar-refractivity contribution in [1.82, 2.24) is 9.78 Å². The number of hydrogen-bond acceptors (Lipinski definition) is 6. The Morgan fingerprint density at radius 2 is 1.95 bits per heavy atom. The standard InChI is InChI=1S/C32H44ClN3O6/c1-23(10-8-7-9-19-41-6)25(3)42-29(16-18-36-27(15-17-34-36)12-14-30(38)39)31(40)35(21-32(4,5)22-37)28-13-11-26(33)20-24(28)2/h7-15,17,20,23,25,29,37H,16,18-19,21-22H2,1-6H3,(H,38,39)/b9-7-,10-8-,14-12+/t23?,25?,29-/m1/s1. The fourth-order valence-corrected chi connectivity index (χ4v) is 4.41. The number of methoxy groups -OCH3 is 1. The number of aliphatic hydroxyl groups is 1. The van der Waals surface area contributed by atoms with Crippen molar-refractivity contribution in [3.05, 3.63) is 77.1 Å². The van der Waals surface area contributed by atoms with E-state index in [1.807, 2.05) is 65.0 Å². The minimum atomic E-state index is -1.06. The lowest BCUT2D eigenvalue weighted by molar-refractivity contribution is -0.136. The van der Waals surface area contributed by atoms with Gasteiger partial charge in [0.2, 0.25) is 0 Å². The van der Waals surface area contributed by atoms with Crippen molar-refractivity contribution in [2.45, 2.75) is 59.8 Å². The van der Waals surface area contributed by atoms with Gasteiger partial charge in [0.1, 0.15) is 6.10 Å². The molecule has 0 aliphatic heterocycles. The molecule has 1 aromatic carbocycles. The maximum atomic E-state index is 14.3. The summed E-state index contributed by atoms with van der Waals surface area (Å²) in [4.78, 5) is 27.1. The highest BCUT2D eigenvalue weighted by Gasteiger charge is 2.33. The van der Waals surface area contributed by atoms with Gasteiger partial charge in [0, 0.05) is 67.5 Å². The summed E-state index contributed by atoms with van der Waals surface area (Å²) in [6.07, 6.45) is 11.0. The van der Waals surface area contributed by atoms with Gasteiger partial charge < -0.3 is 24.6 Å². The number of aromatic nitrogens is 2. The molecule has 2 unspecified atom stereocenters. The topological polar surface area (TPSA) is 114 Å². The van der Waals surface area contributed by atoms with Gasteiger partial charge in [0.25, 0.3) is 5.91 Å². The summed E-state index contributed by atoms with van der Waals surface area (Å²) in [5.74, 6) is -1.32. The summed E-state index contributed by atoms with van der Waals surface area (Å²) >= 11 is 6.23. The summed E-state index contributed by atoms with van der Waals surface area (Å²) in [6, 6.07) is 7.06. The normalized spacial score (nSPS) is 14.6. The van der Waals surface area contributed by atoms with Crippen molar-refractivity contribution in [3.63, 3.8) is 0 Å². The number of amides is 1. The molecule has 0 bridgehead atoms. The number of carbonyl (C=O) groups is 2. The van der Waals surface area contributed by atoms with Gasteiger partial charge >= 0.3 is 5.97 Å². The zero-order valence-corrected chi connectivity index (χ0v) is 26.1. The lowest BCUT2D eigenvalue weighted by Crippen LogP contribution is -2.47. The molecule has 2 aromatic rings. The van der Waals surface area contributed by atoms with Crippen LogP contribution in [0.5, 0.6) is 0 Å². The third-order valence-electron chi connectivity index (χ3n) is 6.80. The molecule has 0 radical (unpaired) electrons. The first-order valence-corrected chi connectivity index (χ1v) is 14.3. The number of ether oxygens (including phenoxy) is 2. The molecular weight excluding hydrogens is 558 g/mol. The van der Waals surface area contributed by atoms with E-state index in [4.69, 9.17) is 26.2 Å². The lowest BCUT2D eigenvalue weighted by Gasteiger charge is -2.35. The van der Waals surface area contributed by atoms with Gasteiger partial charge in [-0.15, -0.1) is 0 Å². The van der Waals surface area contributed by atoms with Crippen LogP contribution in [0.4, 0.5) is 5.69 Å². The van der Waals surface area contributed by atoms with Crippen molar-refractivity contribution >= 4 is 35.2 Å². The van der Waals surface area contributed by atoms with Crippen LogP contribution in [0.1, 0.15) is 45.4 Å². The number of anilines is 1. The molecule has 230 valence electrons. The summed E-state index contributed by atoms with van der Waals surface area (Å²) in [6.45, 7) is 10.6. The number of halogens is 1. The first kappa shape index (κ1) is 35.0. The number of aliphatic hydroxyl groups excluding tert-OH is 1. The van der Waals surface area contributed by atoms with Crippen molar-refractivity contribution < 1.29 is 29.3 Å². The van der Waals surface area contributed by atoms with Crippen molar-refractivity contribution in [2.75, 3.05) is 31.8 Å². The first-order chi connectivity index (χ1) is 19.9. The molecule has 2 rings (SSSR count). The van der Waals surface area contributed by atoms with Crippen molar-refractivity contribution in [3.8, 4) is 0 Å². The Morgan fingerprint density at radius 3 is 2.60 bits per heavy atom. The van der Waals surface area contributed by atoms with E-state index >= 15 is 0 Å². The number of aryl methyl sites for hydroxylation is 2. The van der Waals surface area contributed by atoms with Crippen LogP contribution in [-0.4, -0.2) is 70.9 Å². The number of benzene rings is 1. The molecule has 0 aliphatic rings. The number of aliphatic carboxylic acids is 1. The number of rotatable bonds is 17. The van der Waals surface area contributed by atoms with Gasteiger partial charge in [0.15, 0.2) is 0 Å². The molecule has 2 N–H and O–H groups in total. The Bertz CT molecular complexity index is 1250. The molecule has 0 aliphatic carbocycles. The van der Waals surface area contributed by atoms with Crippen LogP contribution in [0, 0.1) is 18.3 Å². The van der Waals surface area contributed by atoms with Crippen LogP contribution in [0.15, 0.2) is 60.8 Å². The number of hydrogen-bond donors (Lipinski definition) is 2. The summed E-state index contributed by atoms with van der Waals surface area (Å²) in [5.41, 5.74) is 1.53. The van der Waals surface area contributed by atoms with E-state index in [1.165, 1.54) is 6.08 Å². The number of nitrogens with zero attached hydrogens (tertiary/aromatic N) is 3. The summed E-state index contributed by atoms with van der Waals surface area (Å²) < 4.78 is 13.1. The van der Waals surface area contributed by atoms with Gasteiger partial charge in [-0.25, -0.2) is 4.79 Å². The molecule has 3 atom stereocenters. The monoisotopic (exact) mass is 601 g/mol. The van der Waals surface area contributed by atoms with Crippen molar-refractivity contribution in [1.29, 1.82) is 0 Å². The van der Waals surface area contributed by atoms with Crippen LogP contribution < -0.4 is 4.90 Å². The molecule has 42 heavy (non-hydrogen) atoms. The zero-order valence-electron chi connectivity index (χ0n) is 25.4. The molecule has 10 heteroatoms. The fourth-order valence-electron chi connectivity index (χ4n) is 4.18. The van der Waals surface area contributed by atoms with E-state index in [1.54, 1.807) is 41.1 Å². The molecule has 0 saturated heterocycles. The van der Waals surface area contributed by atoms with E-state index in [2.05, 4.69) is 5.10 Å². The molecule has 0 saturated carbocycles. The molecule has 9 nitrogen and oxygen atoms in total. The molecule has 0 spiro atoms. The smallest absolute Gasteiger partial charge is 0.328 e. The Kier molecular flexibility index (Phi) is 14.2. The lowest BCUT2D eigenvalue weighted by atomic mass is 9.93. The van der Waals surface area contributed by atoms with E-state index in [0.717, 1.165) is 11.6 Å². The van der Waals surface area contributed by atoms with Gasteiger partial charge in [-0.3, -0.25) is 9.48 Å². The van der Waals surface area contributed by atoms with Crippen LogP contribution in [0.25, 0.3) is 6.08 Å². The van der Waals surface area contributed by atoms with E-state index in [0.29, 0.717) is 29.6 Å². The highest BCUT2D eigenvalue weighted by atomic mass is 35.5. The van der Waals surface area contributed by atoms with E-state index < -0.39 is 17.5 Å². The van der Waals surface area contributed by atoms with Gasteiger partial charge in [-0.05, 0) is 49.8 Å². The number of allylic oxidation sites excluding steroid dienone is 2. The summed E-state index contributed by atoms with van der Waals surface area (Å²) in [7, 11) is 1.63. The second kappa shape index (κ2) is 17.0. The van der Waals surface area contributed by atoms with Gasteiger partial charge in [-0.2, -0.15) is 5.10 Å². The Balaban J connectivity index is 2.42. The Morgan fingerprint density at radius 1 is 1.21 bits per heavy atom. The molecule has 1 heterocycles. The maximum absolute atomic E-state index is 14.3. The predicted octanol–water partition coefficient (Wildman–Crippen LogP) is 5.55. The van der Waals surface area contributed by atoms with Gasteiger partial charge in [0.05, 0.1) is 18.4 Å². The highest BCUT2D eigenvalue weighted by Crippen LogP contribution is 2.29. The highest BCUT2D eigenvalue weighted by molar-refractivity contribution is 6.30. The van der Waals surface area contributed by atoms with Crippen LogP contribution >= 0.6 is 11.6 Å². The SMILES string of the molecule is COC/C=C\C=C/C(C)C(C)O[C@H](CCn1nccc1/C=C/C(=O)O)C(=O)N(CC(C)(C)CO)c1ccc(Cl)cc1C. The average molecular weight is 602 g/mol. The maximum Gasteiger partial charge on any atom is 0.328 e. The number of carboxylic acid groups (broad SMARTS) is 1. The molecule has 1 aromatic heterocycles. The quantitative estimate of drug-likeness (QED) is 0.180. The second-order valence-electron chi connectivity index (χ2n) is 11.1. The van der Waals surface area contributed by atoms with Crippen LogP contribution in [0.2, 0.25) is 5.02 Å². The van der Waals surface area contributed by atoms with E-state index in [-0.39, 0.29) is 37.5 Å². The Hall–Kier alpha value is -3.24. The molecular formula is C32H44ClN3O6. The minimum Gasteiger partial charge on any atom is -0.478 e. The third kappa shape index (κ3) is 11.2. The fraction of sp³-hybridized carbons (Fsp3) is 0.469. The minimum absolute atomic E-state index is 0.00846. The second-order valence-corrected chi connectivity index (χ2v) is 11.5.